The second kappa shape index (κ2) is 8.37. The van der Waals surface area contributed by atoms with Crippen LogP contribution in [0.5, 0.6) is 0 Å². The van der Waals surface area contributed by atoms with Gasteiger partial charge in [-0.2, -0.15) is 0 Å². The highest BCUT2D eigenvalue weighted by Crippen LogP contribution is 2.44. The molecule has 166 valence electrons. The molecule has 5 rings (SSSR count). The quantitative estimate of drug-likeness (QED) is 0.343. The van der Waals surface area contributed by atoms with Gasteiger partial charge in [0.2, 0.25) is 0 Å². The maximum Gasteiger partial charge on any atom is 0.272 e. The van der Waals surface area contributed by atoms with Gasteiger partial charge in [0, 0.05) is 34.3 Å². The summed E-state index contributed by atoms with van der Waals surface area (Å²) in [6.45, 7) is 1.71. The van der Waals surface area contributed by atoms with Gasteiger partial charge in [0.1, 0.15) is 0 Å². The summed E-state index contributed by atoms with van der Waals surface area (Å²) in [6.07, 6.45) is 1.02. The van der Waals surface area contributed by atoms with Crippen molar-refractivity contribution >= 4 is 34.4 Å². The molecule has 0 saturated heterocycles. The molecule has 3 aromatic rings. The topological polar surface area (TPSA) is 84.3 Å². The van der Waals surface area contributed by atoms with E-state index in [-0.39, 0.29) is 22.3 Å². The van der Waals surface area contributed by atoms with Crippen LogP contribution in [0.4, 0.5) is 17.1 Å². The molecule has 2 atom stereocenters. The SMILES string of the molecule is Cc1ccc([C@@H]2Nc3ccccc3NC3=C2C(=O)C[C@@H](c2ccc(Cl)cc2)C3)cc1[N+](=O)[O-]. The highest BCUT2D eigenvalue weighted by Gasteiger charge is 2.36. The molecule has 0 radical (unpaired) electrons. The van der Waals surface area contributed by atoms with Gasteiger partial charge in [-0.1, -0.05) is 48.0 Å². The van der Waals surface area contributed by atoms with Crippen LogP contribution in [0.3, 0.4) is 0 Å². The minimum atomic E-state index is -0.492. The molecular weight excluding hydrogens is 438 g/mol. The molecule has 0 fully saturated rings. The van der Waals surface area contributed by atoms with Crippen molar-refractivity contribution < 1.29 is 9.72 Å². The molecule has 0 aromatic heterocycles. The molecular formula is C26H22ClN3O3. The van der Waals surface area contributed by atoms with Crippen molar-refractivity contribution in [1.29, 1.82) is 0 Å². The number of nitro groups is 1. The molecule has 2 N–H and O–H groups in total. The predicted octanol–water partition coefficient (Wildman–Crippen LogP) is 6.54. The van der Waals surface area contributed by atoms with E-state index in [1.165, 1.54) is 0 Å². The molecule has 1 aliphatic heterocycles. The number of anilines is 2. The maximum atomic E-state index is 13.6. The number of nitrogens with zero attached hydrogens (tertiary/aromatic N) is 1. The predicted molar refractivity (Wildman–Crippen MR) is 130 cm³/mol. The molecule has 3 aromatic carbocycles. The van der Waals surface area contributed by atoms with Crippen molar-refractivity contribution in [2.75, 3.05) is 10.6 Å². The molecule has 0 amide bonds. The fourth-order valence-corrected chi connectivity index (χ4v) is 4.84. The number of para-hydroxylation sites is 2. The number of carbonyl (C=O) groups excluding carboxylic acids is 1. The third-order valence-corrected chi connectivity index (χ3v) is 6.67. The van der Waals surface area contributed by atoms with Gasteiger partial charge >= 0.3 is 0 Å². The summed E-state index contributed by atoms with van der Waals surface area (Å²) >= 11 is 6.06. The summed E-state index contributed by atoms with van der Waals surface area (Å²) in [5.41, 5.74) is 5.58. The fourth-order valence-electron chi connectivity index (χ4n) is 4.72. The third kappa shape index (κ3) is 3.98. The number of nitrogens with one attached hydrogen (secondary N) is 2. The Morgan fingerprint density at radius 1 is 0.970 bits per heavy atom. The minimum Gasteiger partial charge on any atom is -0.372 e. The number of benzene rings is 3. The van der Waals surface area contributed by atoms with Gasteiger partial charge in [-0.3, -0.25) is 14.9 Å². The molecule has 0 saturated carbocycles. The van der Waals surface area contributed by atoms with Crippen LogP contribution in [0.25, 0.3) is 0 Å². The monoisotopic (exact) mass is 459 g/mol. The van der Waals surface area contributed by atoms with Crippen LogP contribution < -0.4 is 10.6 Å². The van der Waals surface area contributed by atoms with E-state index >= 15 is 0 Å². The Morgan fingerprint density at radius 2 is 1.67 bits per heavy atom. The summed E-state index contributed by atoms with van der Waals surface area (Å²) in [7, 11) is 0. The van der Waals surface area contributed by atoms with Crippen LogP contribution in [0, 0.1) is 17.0 Å². The number of allylic oxidation sites excluding steroid dienone is 1. The molecule has 6 nitrogen and oxygen atoms in total. The number of hydrogen-bond donors (Lipinski definition) is 2. The maximum absolute atomic E-state index is 13.6. The lowest BCUT2D eigenvalue weighted by molar-refractivity contribution is -0.385. The smallest absolute Gasteiger partial charge is 0.272 e. The summed E-state index contributed by atoms with van der Waals surface area (Å²) in [4.78, 5) is 24.8. The van der Waals surface area contributed by atoms with E-state index in [4.69, 9.17) is 11.6 Å². The van der Waals surface area contributed by atoms with Gasteiger partial charge in [-0.15, -0.1) is 0 Å². The van der Waals surface area contributed by atoms with Crippen molar-refractivity contribution in [3.8, 4) is 0 Å². The lowest BCUT2D eigenvalue weighted by Crippen LogP contribution is -2.27. The molecule has 1 aliphatic carbocycles. The van der Waals surface area contributed by atoms with E-state index < -0.39 is 6.04 Å². The Hall–Kier alpha value is -3.64. The Kier molecular flexibility index (Phi) is 5.38. The summed E-state index contributed by atoms with van der Waals surface area (Å²) in [5, 5.41) is 19.2. The van der Waals surface area contributed by atoms with Crippen LogP contribution in [0.1, 0.15) is 41.5 Å². The van der Waals surface area contributed by atoms with E-state index in [2.05, 4.69) is 10.6 Å². The average Bonchev–Trinajstić information content (AvgIpc) is 2.96. The molecule has 7 heteroatoms. The Bertz CT molecular complexity index is 1300. The first-order chi connectivity index (χ1) is 15.9. The van der Waals surface area contributed by atoms with Crippen LogP contribution in [-0.4, -0.2) is 10.7 Å². The van der Waals surface area contributed by atoms with Crippen LogP contribution in [0.2, 0.25) is 5.02 Å². The first-order valence-corrected chi connectivity index (χ1v) is 11.2. The van der Waals surface area contributed by atoms with E-state index in [0.717, 1.165) is 22.6 Å². The third-order valence-electron chi connectivity index (χ3n) is 6.41. The van der Waals surface area contributed by atoms with Gasteiger partial charge in [0.15, 0.2) is 5.78 Å². The standard InChI is InChI=1S/C26H22ClN3O3/c1-15-6-7-17(13-23(15)30(32)33)26-25-22(28-20-4-2-3-5-21(20)29-26)12-18(14-24(25)31)16-8-10-19(27)11-9-16/h2-11,13,18,26,28-29H,12,14H2,1H3/t18-,26-/m0/s1. The average molecular weight is 460 g/mol. The largest absolute Gasteiger partial charge is 0.372 e. The molecule has 0 bridgehead atoms. The van der Waals surface area contributed by atoms with Crippen molar-refractivity contribution in [1.82, 2.24) is 0 Å². The normalized spacial score (nSPS) is 19.6. The van der Waals surface area contributed by atoms with E-state index in [1.807, 2.05) is 54.6 Å². The lowest BCUT2D eigenvalue weighted by Gasteiger charge is -2.30. The van der Waals surface area contributed by atoms with Crippen LogP contribution in [-0.2, 0) is 4.79 Å². The highest BCUT2D eigenvalue weighted by molar-refractivity contribution is 6.30. The number of carbonyl (C=O) groups is 1. The first kappa shape index (κ1) is 21.2. The molecule has 1 heterocycles. The van der Waals surface area contributed by atoms with Gasteiger partial charge < -0.3 is 10.6 Å². The number of nitro benzene ring substituents is 1. The molecule has 0 unspecified atom stereocenters. The molecule has 0 spiro atoms. The van der Waals surface area contributed by atoms with Crippen molar-refractivity contribution in [3.63, 3.8) is 0 Å². The highest BCUT2D eigenvalue weighted by atomic mass is 35.5. The summed E-state index contributed by atoms with van der Waals surface area (Å²) in [5.74, 6) is 0.0523. The zero-order chi connectivity index (χ0) is 23.1. The second-order valence-electron chi connectivity index (χ2n) is 8.52. The van der Waals surface area contributed by atoms with Crippen molar-refractivity contribution in [3.05, 3.63) is 110 Å². The number of aryl methyl sites for hydroxylation is 1. The van der Waals surface area contributed by atoms with Gasteiger partial charge in [-0.05, 0) is 54.7 Å². The minimum absolute atomic E-state index is 0.0252. The fraction of sp³-hybridized carbons (Fsp3) is 0.192. The number of halogens is 1. The molecule has 33 heavy (non-hydrogen) atoms. The van der Waals surface area contributed by atoms with E-state index in [1.54, 1.807) is 19.1 Å². The summed E-state index contributed by atoms with van der Waals surface area (Å²) < 4.78 is 0. The molecule has 2 aliphatic rings. The number of fused-ring (bicyclic) bond motifs is 1. The lowest BCUT2D eigenvalue weighted by atomic mass is 9.78. The number of ketones is 1. The Labute approximate surface area is 196 Å². The van der Waals surface area contributed by atoms with Gasteiger partial charge in [0.25, 0.3) is 5.69 Å². The first-order valence-electron chi connectivity index (χ1n) is 10.8. The van der Waals surface area contributed by atoms with Gasteiger partial charge in [-0.25, -0.2) is 0 Å². The van der Waals surface area contributed by atoms with Crippen molar-refractivity contribution in [2.24, 2.45) is 0 Å². The van der Waals surface area contributed by atoms with E-state index in [0.29, 0.717) is 34.6 Å². The van der Waals surface area contributed by atoms with E-state index in [9.17, 15) is 14.9 Å². The van der Waals surface area contributed by atoms with Gasteiger partial charge in [0.05, 0.1) is 22.3 Å². The number of rotatable bonds is 3. The number of hydrogen-bond acceptors (Lipinski definition) is 5. The summed E-state index contributed by atoms with van der Waals surface area (Å²) in [6, 6.07) is 20.1. The van der Waals surface area contributed by atoms with Crippen LogP contribution >= 0.6 is 11.6 Å². The zero-order valence-electron chi connectivity index (χ0n) is 18.0. The van der Waals surface area contributed by atoms with Crippen molar-refractivity contribution in [2.45, 2.75) is 31.7 Å². The van der Waals surface area contributed by atoms with Crippen LogP contribution in [0.15, 0.2) is 78.0 Å². The number of Topliss-reactive ketones (excluding diaryl/α,β-unsaturated/α-hetero) is 1. The Balaban J connectivity index is 1.62. The Morgan fingerprint density at radius 3 is 2.39 bits per heavy atom. The second-order valence-corrected chi connectivity index (χ2v) is 8.96. The zero-order valence-corrected chi connectivity index (χ0v) is 18.7.